The summed E-state index contributed by atoms with van der Waals surface area (Å²) in [6, 6.07) is 1.02. The van der Waals surface area contributed by atoms with E-state index in [2.05, 4.69) is 0 Å². The van der Waals surface area contributed by atoms with Gasteiger partial charge in [-0.25, -0.2) is 13.2 Å². The molecule has 0 aliphatic heterocycles. The predicted octanol–water partition coefficient (Wildman–Crippen LogP) is 5.05. The van der Waals surface area contributed by atoms with Gasteiger partial charge in [-0.15, -0.1) is 6.07 Å². The molecule has 10 heteroatoms. The second-order valence-corrected chi connectivity index (χ2v) is 1.69. The van der Waals surface area contributed by atoms with Crippen molar-refractivity contribution < 1.29 is 43.0 Å². The minimum Gasteiger partial charge on any atom is -0.693 e. The quantitative estimate of drug-likeness (QED) is 0.207. The van der Waals surface area contributed by atoms with Gasteiger partial charge in [-0.3, -0.25) is 8.78 Å². The van der Waals surface area contributed by atoms with Crippen molar-refractivity contribution >= 4 is 0 Å². The van der Waals surface area contributed by atoms with E-state index in [-0.39, 0.29) is 45.7 Å². The Morgan fingerprint density at radius 3 is 1.06 bits per heavy atom. The molecule has 0 atom stereocenters. The Bertz CT molecular complexity index is 285. The van der Waals surface area contributed by atoms with Crippen LogP contribution in [0, 0.1) is 35.2 Å². The van der Waals surface area contributed by atoms with Crippen molar-refractivity contribution in [1.29, 1.82) is 0 Å². The molecule has 0 unspecified atom stereocenters. The Morgan fingerprint density at radius 2 is 0.812 bits per heavy atom. The van der Waals surface area contributed by atoms with Crippen molar-refractivity contribution in [2.24, 2.45) is 0 Å². The fraction of sp³-hybridized carbons (Fsp3) is 0. The first-order valence-corrected chi connectivity index (χ1v) is 2.44. The fourth-order valence-electron chi connectivity index (χ4n) is 0.495. The second kappa shape index (κ2) is 10.9. The zero-order valence-electron chi connectivity index (χ0n) is 7.61. The van der Waals surface area contributed by atoms with Crippen molar-refractivity contribution in [3.05, 3.63) is 59.8 Å². The Hall–Kier alpha value is -0.602. The SMILES string of the molecule is Fc1[c-]c(F)c(F)c(F)c1F.[Mo].[NH2-].[NH2-].[NH2-].[NH2-]. The van der Waals surface area contributed by atoms with E-state index in [1.165, 1.54) is 0 Å². The first kappa shape index (κ1) is 29.5. The van der Waals surface area contributed by atoms with Crippen molar-refractivity contribution in [3.8, 4) is 0 Å². The molecule has 8 N–H and O–H groups in total. The van der Waals surface area contributed by atoms with Gasteiger partial charge in [0.2, 0.25) is 0 Å². The van der Waals surface area contributed by atoms with Crippen LogP contribution in [0.1, 0.15) is 0 Å². The number of hydrogen-bond acceptors (Lipinski definition) is 0. The average Bonchev–Trinajstić information content (AvgIpc) is 1.97. The first-order valence-electron chi connectivity index (χ1n) is 2.44. The van der Waals surface area contributed by atoms with E-state index in [0.717, 1.165) is 6.07 Å². The standard InChI is InChI=1S/C6F5.Mo.4H2N/c7-2-1-3(8)5(10)6(11)4(2)9;;;;;/h;;4*1H2/q-1;;4*-1. The maximum absolute atomic E-state index is 12.0. The molecule has 98 valence electrons. The Balaban J connectivity index is -0.0000000807. The average molecular weight is 327 g/mol. The molecule has 0 saturated carbocycles. The molecule has 0 spiro atoms. The molecule has 0 fully saturated rings. The van der Waals surface area contributed by atoms with Gasteiger partial charge < -0.3 is 24.6 Å². The van der Waals surface area contributed by atoms with Crippen LogP contribution in [0.5, 0.6) is 0 Å². The van der Waals surface area contributed by atoms with Gasteiger partial charge in [0.25, 0.3) is 0 Å². The van der Waals surface area contributed by atoms with E-state index in [1.54, 1.807) is 0 Å². The van der Waals surface area contributed by atoms with Crippen LogP contribution in [0.4, 0.5) is 22.0 Å². The van der Waals surface area contributed by atoms with Gasteiger partial charge in [-0.1, -0.05) is 0 Å². The van der Waals surface area contributed by atoms with E-state index < -0.39 is 29.1 Å². The van der Waals surface area contributed by atoms with Gasteiger partial charge in [0.05, 0.1) is 29.1 Å². The van der Waals surface area contributed by atoms with E-state index in [1.807, 2.05) is 0 Å². The van der Waals surface area contributed by atoms with Gasteiger partial charge in [-0.2, -0.15) is 0 Å². The molecule has 1 rings (SSSR count). The minimum atomic E-state index is -2.17. The van der Waals surface area contributed by atoms with Crippen LogP contribution in [-0.2, 0) is 21.1 Å². The molecule has 0 amide bonds. The van der Waals surface area contributed by atoms with Crippen LogP contribution < -0.4 is 0 Å². The molecule has 0 bridgehead atoms. The zero-order chi connectivity index (χ0) is 8.59. The van der Waals surface area contributed by atoms with Crippen molar-refractivity contribution in [1.82, 2.24) is 0 Å². The number of benzene rings is 1. The van der Waals surface area contributed by atoms with Gasteiger partial charge in [0.15, 0.2) is 0 Å². The summed E-state index contributed by atoms with van der Waals surface area (Å²) in [5, 5.41) is 0. The van der Waals surface area contributed by atoms with Gasteiger partial charge >= 0.3 is 0 Å². The molecular weight excluding hydrogens is 319 g/mol. The van der Waals surface area contributed by atoms with Crippen LogP contribution >= 0.6 is 0 Å². The summed E-state index contributed by atoms with van der Waals surface area (Å²) in [6.45, 7) is 0. The van der Waals surface area contributed by atoms with Gasteiger partial charge in [0.1, 0.15) is 0 Å². The summed E-state index contributed by atoms with van der Waals surface area (Å²) in [5.41, 5.74) is 0. The predicted molar refractivity (Wildman–Crippen MR) is 46.2 cm³/mol. The van der Waals surface area contributed by atoms with Crippen LogP contribution in [0.15, 0.2) is 0 Å². The Labute approximate surface area is 103 Å². The number of nitrogens with two attached hydrogens (primary N) is 4. The van der Waals surface area contributed by atoms with Crippen LogP contribution in [0.25, 0.3) is 24.6 Å². The summed E-state index contributed by atoms with van der Waals surface area (Å²) in [6.07, 6.45) is 0. The monoisotopic (exact) mass is 329 g/mol. The maximum Gasteiger partial charge on any atom is 0.0893 e. The molecule has 0 aromatic heterocycles. The normalized spacial score (nSPS) is 7.06. The van der Waals surface area contributed by atoms with E-state index in [0.29, 0.717) is 0 Å². The fourth-order valence-corrected chi connectivity index (χ4v) is 0.495. The third-order valence-corrected chi connectivity index (χ3v) is 0.990. The summed E-state index contributed by atoms with van der Waals surface area (Å²) in [4.78, 5) is 0. The van der Waals surface area contributed by atoms with Crippen LogP contribution in [-0.4, -0.2) is 0 Å². The van der Waals surface area contributed by atoms with Crippen LogP contribution in [0.3, 0.4) is 0 Å². The van der Waals surface area contributed by atoms with Crippen molar-refractivity contribution in [3.63, 3.8) is 0 Å². The number of hydrogen-bond donors (Lipinski definition) is 0. The summed E-state index contributed by atoms with van der Waals surface area (Å²) in [5.74, 6) is -10.0. The molecule has 1 aromatic carbocycles. The van der Waals surface area contributed by atoms with Gasteiger partial charge in [0, 0.05) is 21.1 Å². The largest absolute Gasteiger partial charge is 0.693 e. The molecule has 0 heterocycles. The molecule has 0 radical (unpaired) electrons. The first-order chi connectivity index (χ1) is 5.04. The smallest absolute Gasteiger partial charge is 0.0893 e. The molecule has 16 heavy (non-hydrogen) atoms. The van der Waals surface area contributed by atoms with E-state index in [4.69, 9.17) is 0 Å². The molecule has 0 saturated heterocycles. The maximum atomic E-state index is 12.0. The van der Waals surface area contributed by atoms with Crippen molar-refractivity contribution in [2.75, 3.05) is 0 Å². The number of rotatable bonds is 0. The minimum absolute atomic E-state index is 0. The van der Waals surface area contributed by atoms with E-state index >= 15 is 0 Å². The molecule has 0 aliphatic carbocycles. The topological polar surface area (TPSA) is 134 Å². The molecule has 1 aromatic rings. The van der Waals surface area contributed by atoms with Gasteiger partial charge in [-0.05, 0) is 0 Å². The molecule has 4 nitrogen and oxygen atoms in total. The van der Waals surface area contributed by atoms with E-state index in [9.17, 15) is 22.0 Å². The third kappa shape index (κ3) is 5.47. The Morgan fingerprint density at radius 1 is 0.562 bits per heavy atom. The summed E-state index contributed by atoms with van der Waals surface area (Å²) >= 11 is 0. The van der Waals surface area contributed by atoms with Crippen molar-refractivity contribution in [2.45, 2.75) is 0 Å². The summed E-state index contributed by atoms with van der Waals surface area (Å²) in [7, 11) is 0. The summed E-state index contributed by atoms with van der Waals surface area (Å²) < 4.78 is 59.9. The molecular formula is C6H8F5MoN4-5. The molecule has 0 aliphatic rings. The third-order valence-electron chi connectivity index (χ3n) is 0.990. The Kier molecular flexibility index (Phi) is 20.1. The second-order valence-electron chi connectivity index (χ2n) is 1.69. The van der Waals surface area contributed by atoms with Crippen LogP contribution in [0.2, 0.25) is 0 Å². The zero-order valence-corrected chi connectivity index (χ0v) is 9.61. The number of halogens is 5.